The van der Waals surface area contributed by atoms with Crippen LogP contribution in [0.1, 0.15) is 36.5 Å². The zero-order valence-corrected chi connectivity index (χ0v) is 11.8. The van der Waals surface area contributed by atoms with Gasteiger partial charge in [-0.3, -0.25) is 9.80 Å². The second kappa shape index (κ2) is 4.87. The monoisotopic (exact) mass is 287 g/mol. The molecule has 1 aliphatic heterocycles. The first kappa shape index (κ1) is 13.6. The van der Waals surface area contributed by atoms with Crippen LogP contribution in [0, 0.1) is 0 Å². The highest BCUT2D eigenvalue weighted by Crippen LogP contribution is 2.35. The number of benzene rings is 1. The quantitative estimate of drug-likeness (QED) is 0.881. The van der Waals surface area contributed by atoms with Gasteiger partial charge in [-0.25, -0.2) is 4.79 Å². The van der Waals surface area contributed by atoms with E-state index in [1.54, 1.807) is 12.1 Å². The molecule has 1 saturated carbocycles. The predicted octanol–water partition coefficient (Wildman–Crippen LogP) is 1.62. The number of hydrogen-bond acceptors (Lipinski definition) is 4. The molecule has 1 amide bonds. The number of carbonyl (C=O) groups is 2. The highest BCUT2D eigenvalue weighted by atomic mass is 16.4. The normalized spacial score (nSPS) is 19.1. The van der Waals surface area contributed by atoms with Crippen molar-refractivity contribution in [1.82, 2.24) is 5.32 Å². The van der Waals surface area contributed by atoms with E-state index in [0.717, 1.165) is 24.4 Å². The van der Waals surface area contributed by atoms with E-state index >= 15 is 0 Å². The second-order valence-electron chi connectivity index (χ2n) is 5.60. The molecule has 3 rings (SSSR count). The number of hydrogen-bond donors (Lipinski definition) is 2. The number of hydrazone groups is 1. The van der Waals surface area contributed by atoms with E-state index < -0.39 is 11.5 Å². The molecule has 0 bridgehead atoms. The van der Waals surface area contributed by atoms with E-state index in [4.69, 9.17) is 5.11 Å². The molecule has 21 heavy (non-hydrogen) atoms. The number of carboxylic acids is 1. The number of nitrogens with one attached hydrogen (secondary N) is 1. The van der Waals surface area contributed by atoms with Gasteiger partial charge in [-0.05, 0) is 44.0 Å². The molecule has 0 spiro atoms. The molecule has 0 atom stereocenters. The SMILES string of the molecule is CC1=NN(c2ccc(C(=O)NC3(C(=O)O)CC3)cc2)CC1. The summed E-state index contributed by atoms with van der Waals surface area (Å²) in [6.07, 6.45) is 1.94. The summed E-state index contributed by atoms with van der Waals surface area (Å²) in [4.78, 5) is 23.1. The Kier molecular flexibility index (Phi) is 3.16. The van der Waals surface area contributed by atoms with Crippen LogP contribution in [-0.2, 0) is 4.79 Å². The van der Waals surface area contributed by atoms with Gasteiger partial charge in [0.25, 0.3) is 5.91 Å². The van der Waals surface area contributed by atoms with Crippen LogP contribution >= 0.6 is 0 Å². The minimum absolute atomic E-state index is 0.345. The van der Waals surface area contributed by atoms with Gasteiger partial charge in [-0.2, -0.15) is 5.10 Å². The summed E-state index contributed by atoms with van der Waals surface area (Å²) in [6.45, 7) is 2.84. The van der Waals surface area contributed by atoms with E-state index in [0.29, 0.717) is 18.4 Å². The van der Waals surface area contributed by atoms with Crippen LogP contribution in [0.5, 0.6) is 0 Å². The van der Waals surface area contributed by atoms with Crippen LogP contribution in [0.15, 0.2) is 29.4 Å². The Morgan fingerprint density at radius 3 is 2.43 bits per heavy atom. The number of rotatable bonds is 4. The fourth-order valence-corrected chi connectivity index (χ4v) is 2.35. The Bertz CT molecular complexity index is 618. The average Bonchev–Trinajstić information content (AvgIpc) is 3.13. The van der Waals surface area contributed by atoms with Crippen molar-refractivity contribution in [2.45, 2.75) is 31.7 Å². The molecule has 1 aromatic rings. The van der Waals surface area contributed by atoms with Gasteiger partial charge < -0.3 is 10.4 Å². The van der Waals surface area contributed by atoms with Crippen LogP contribution in [0.2, 0.25) is 0 Å². The first-order valence-corrected chi connectivity index (χ1v) is 6.98. The van der Waals surface area contributed by atoms with Crippen molar-refractivity contribution in [2.75, 3.05) is 11.6 Å². The third-order valence-corrected chi connectivity index (χ3v) is 3.92. The van der Waals surface area contributed by atoms with E-state index in [1.807, 2.05) is 24.1 Å². The number of carbonyl (C=O) groups excluding carboxylic acids is 1. The van der Waals surface area contributed by atoms with Crippen molar-refractivity contribution in [3.8, 4) is 0 Å². The van der Waals surface area contributed by atoms with E-state index in [9.17, 15) is 9.59 Å². The van der Waals surface area contributed by atoms with Gasteiger partial charge in [0.05, 0.1) is 5.69 Å². The van der Waals surface area contributed by atoms with Crippen LogP contribution in [0.25, 0.3) is 0 Å². The van der Waals surface area contributed by atoms with Gasteiger partial charge >= 0.3 is 5.97 Å². The predicted molar refractivity (Wildman–Crippen MR) is 78.6 cm³/mol. The number of aliphatic carboxylic acids is 1. The average molecular weight is 287 g/mol. The molecule has 2 aliphatic rings. The number of nitrogens with zero attached hydrogens (tertiary/aromatic N) is 2. The third kappa shape index (κ3) is 2.61. The van der Waals surface area contributed by atoms with Crippen LogP contribution in [-0.4, -0.2) is 34.8 Å². The van der Waals surface area contributed by atoms with Gasteiger partial charge in [0.1, 0.15) is 5.54 Å². The summed E-state index contributed by atoms with van der Waals surface area (Å²) in [7, 11) is 0. The molecule has 0 saturated heterocycles. The first-order chi connectivity index (χ1) is 10.00. The third-order valence-electron chi connectivity index (χ3n) is 3.92. The highest BCUT2D eigenvalue weighted by Gasteiger charge is 2.51. The molecule has 110 valence electrons. The highest BCUT2D eigenvalue weighted by molar-refractivity contribution is 5.99. The maximum absolute atomic E-state index is 12.1. The van der Waals surface area contributed by atoms with Crippen molar-refractivity contribution in [3.05, 3.63) is 29.8 Å². The molecule has 1 heterocycles. The van der Waals surface area contributed by atoms with Crippen molar-refractivity contribution >= 4 is 23.3 Å². The lowest BCUT2D eigenvalue weighted by atomic mass is 10.1. The molecule has 0 radical (unpaired) electrons. The molecular formula is C15H17N3O3. The molecule has 1 aliphatic carbocycles. The molecule has 6 nitrogen and oxygen atoms in total. The molecule has 2 N–H and O–H groups in total. The molecule has 0 unspecified atom stereocenters. The lowest BCUT2D eigenvalue weighted by molar-refractivity contribution is -0.140. The van der Waals surface area contributed by atoms with Gasteiger partial charge in [0.15, 0.2) is 0 Å². The smallest absolute Gasteiger partial charge is 0.329 e. The fourth-order valence-electron chi connectivity index (χ4n) is 2.35. The van der Waals surface area contributed by atoms with Gasteiger partial charge in [0, 0.05) is 24.2 Å². The summed E-state index contributed by atoms with van der Waals surface area (Å²) in [5.41, 5.74) is 1.44. The molecule has 6 heteroatoms. The van der Waals surface area contributed by atoms with Crippen LogP contribution in [0.4, 0.5) is 5.69 Å². The number of carboxylic acid groups (broad SMARTS) is 1. The lowest BCUT2D eigenvalue weighted by Gasteiger charge is -2.15. The van der Waals surface area contributed by atoms with E-state index in [2.05, 4.69) is 10.4 Å². The summed E-state index contributed by atoms with van der Waals surface area (Å²) in [5.74, 6) is -1.31. The van der Waals surface area contributed by atoms with Crippen molar-refractivity contribution < 1.29 is 14.7 Å². The van der Waals surface area contributed by atoms with Crippen molar-refractivity contribution in [3.63, 3.8) is 0 Å². The Balaban J connectivity index is 1.70. The summed E-state index contributed by atoms with van der Waals surface area (Å²) in [5, 5.41) is 18.0. The number of anilines is 1. The Morgan fingerprint density at radius 2 is 1.95 bits per heavy atom. The van der Waals surface area contributed by atoms with Crippen molar-refractivity contribution in [1.29, 1.82) is 0 Å². The fraction of sp³-hybridized carbons (Fsp3) is 0.400. The minimum atomic E-state index is -1.05. The minimum Gasteiger partial charge on any atom is -0.480 e. The van der Waals surface area contributed by atoms with Gasteiger partial charge in [0.2, 0.25) is 0 Å². The molecule has 0 aromatic heterocycles. The van der Waals surface area contributed by atoms with Crippen molar-refractivity contribution in [2.24, 2.45) is 5.10 Å². The topological polar surface area (TPSA) is 82.0 Å². The Morgan fingerprint density at radius 1 is 1.29 bits per heavy atom. The van der Waals surface area contributed by atoms with E-state index in [1.165, 1.54) is 0 Å². The maximum atomic E-state index is 12.1. The molecule has 1 fully saturated rings. The first-order valence-electron chi connectivity index (χ1n) is 6.98. The maximum Gasteiger partial charge on any atom is 0.329 e. The molecular weight excluding hydrogens is 270 g/mol. The van der Waals surface area contributed by atoms with Crippen LogP contribution < -0.4 is 10.3 Å². The lowest BCUT2D eigenvalue weighted by Crippen LogP contribution is -2.43. The van der Waals surface area contributed by atoms with Gasteiger partial charge in [-0.1, -0.05) is 0 Å². The Labute approximate surface area is 122 Å². The summed E-state index contributed by atoms with van der Waals surface area (Å²) < 4.78 is 0. The number of amides is 1. The second-order valence-corrected chi connectivity index (χ2v) is 5.60. The summed E-state index contributed by atoms with van der Waals surface area (Å²) >= 11 is 0. The van der Waals surface area contributed by atoms with Gasteiger partial charge in [-0.15, -0.1) is 0 Å². The standard InChI is InChI=1S/C15H17N3O3/c1-10-6-9-18(17-10)12-4-2-11(3-5-12)13(19)16-15(7-8-15)14(20)21/h2-5H,6-9H2,1H3,(H,16,19)(H,20,21). The molecule has 1 aromatic carbocycles. The Hall–Kier alpha value is -2.37. The van der Waals surface area contributed by atoms with E-state index in [-0.39, 0.29) is 5.91 Å². The summed E-state index contributed by atoms with van der Waals surface area (Å²) in [6, 6.07) is 7.06. The zero-order valence-electron chi connectivity index (χ0n) is 11.8. The zero-order chi connectivity index (χ0) is 15.0. The van der Waals surface area contributed by atoms with Crippen LogP contribution in [0.3, 0.4) is 0 Å². The largest absolute Gasteiger partial charge is 0.480 e.